The lowest BCUT2D eigenvalue weighted by Gasteiger charge is -2.35. The van der Waals surface area contributed by atoms with Crippen molar-refractivity contribution in [3.8, 4) is 28.0 Å². The van der Waals surface area contributed by atoms with Crippen LogP contribution in [0.4, 0.5) is 26.3 Å². The number of nitrogens with one attached hydrogen (secondary N) is 3. The van der Waals surface area contributed by atoms with Crippen molar-refractivity contribution in [2.75, 3.05) is 46.6 Å². The third-order valence-corrected chi connectivity index (χ3v) is 12.1. The molecule has 1 aliphatic rings. The summed E-state index contributed by atoms with van der Waals surface area (Å²) in [6, 6.07) is 12.8. The molecule has 71 heavy (non-hydrogen) atoms. The first-order valence-corrected chi connectivity index (χ1v) is 23.1. The second-order valence-corrected chi connectivity index (χ2v) is 18.3. The number of ether oxygens (including phenoxy) is 4. The number of hydrogen-bond acceptors (Lipinski definition) is 12. The Bertz CT molecular complexity index is 2570. The van der Waals surface area contributed by atoms with Gasteiger partial charge in [0.1, 0.15) is 30.3 Å². The van der Waals surface area contributed by atoms with E-state index < -0.39 is 82.9 Å². The second kappa shape index (κ2) is 24.5. The summed E-state index contributed by atoms with van der Waals surface area (Å²) in [5.41, 5.74) is 0.278. The molecule has 5 rings (SSSR count). The van der Waals surface area contributed by atoms with Crippen LogP contribution in [0.1, 0.15) is 67.1 Å². The van der Waals surface area contributed by atoms with Gasteiger partial charge < -0.3 is 44.9 Å². The third kappa shape index (κ3) is 15.7. The van der Waals surface area contributed by atoms with E-state index in [-0.39, 0.29) is 87.6 Å². The highest BCUT2D eigenvalue weighted by molar-refractivity contribution is 7.13. The van der Waals surface area contributed by atoms with E-state index in [9.17, 15) is 55.9 Å². The lowest BCUT2D eigenvalue weighted by atomic mass is 9.85. The third-order valence-electron chi connectivity index (χ3n) is 11.1. The molecule has 1 fully saturated rings. The number of nitrogens with zero attached hydrogens (tertiary/aromatic N) is 3. The molecule has 0 saturated carbocycles. The molecule has 0 spiro atoms. The molecule has 4 amide bonds. The Morgan fingerprint density at radius 1 is 0.930 bits per heavy atom. The van der Waals surface area contributed by atoms with Crippen LogP contribution in [0.3, 0.4) is 0 Å². The number of nitriles is 1. The molecule has 15 nitrogen and oxygen atoms in total. The first-order valence-electron chi connectivity index (χ1n) is 22.2. The number of aromatic nitrogens is 1. The van der Waals surface area contributed by atoms with E-state index in [2.05, 4.69) is 20.9 Å². The molecule has 4 aromatic rings. The molecule has 0 aliphatic carbocycles. The maximum absolute atomic E-state index is 13.9. The van der Waals surface area contributed by atoms with Crippen LogP contribution >= 0.6 is 11.3 Å². The smallest absolute Gasteiger partial charge is 0.416 e. The molecule has 22 heteroatoms. The fourth-order valence-electron chi connectivity index (χ4n) is 7.34. The lowest BCUT2D eigenvalue weighted by Crippen LogP contribution is -2.57. The highest BCUT2D eigenvalue weighted by Crippen LogP contribution is 2.39. The molecule has 1 saturated heterocycles. The summed E-state index contributed by atoms with van der Waals surface area (Å²) in [5, 5.41) is 28.4. The van der Waals surface area contributed by atoms with E-state index in [1.165, 1.54) is 36.3 Å². The SMILES string of the molecule is COc1cc(/C=C(\C#N)C(=O)NCCOCCOCCC(=O)N[C@H](C(=O)N2C[C@H](O)C[C@H]2C(=O)NCc2ccc(-c3scnc3C)cc2)C(C)(C)C)ccc1OCc1ccc(C(F)(F)F)cc1C(F)(F)F. The molecule has 0 bridgehead atoms. The van der Waals surface area contributed by atoms with Crippen molar-refractivity contribution in [3.05, 3.63) is 105 Å². The number of carbonyl (C=O) groups excluding carboxylic acids is 4. The van der Waals surface area contributed by atoms with E-state index in [0.717, 1.165) is 21.7 Å². The molecule has 3 aromatic carbocycles. The fourth-order valence-corrected chi connectivity index (χ4v) is 8.15. The molecule has 4 N–H and O–H groups in total. The lowest BCUT2D eigenvalue weighted by molar-refractivity contribution is -0.144. The summed E-state index contributed by atoms with van der Waals surface area (Å²) < 4.78 is 102. The van der Waals surface area contributed by atoms with Crippen LogP contribution in [-0.4, -0.2) is 103 Å². The number of carbonyl (C=O) groups is 4. The number of methoxy groups -OCH3 is 1. The van der Waals surface area contributed by atoms with Crippen LogP contribution in [0.15, 0.2) is 71.7 Å². The molecule has 382 valence electrons. The van der Waals surface area contributed by atoms with Gasteiger partial charge in [0.2, 0.25) is 17.7 Å². The number of thiazole rings is 1. The standard InChI is InChI=1S/C49H54F6N6O9S/c1-29-42(71-28-59-29)32-9-6-30(7-10-32)25-58-45(65)38-23-36(62)26-61(38)46(66)43(47(2,3)4)60-41(63)14-16-68-18-19-69-17-15-57-44(64)34(24-56)20-31-8-13-39(40(21-31)67-5)70-27-33-11-12-35(48(50,51)52)22-37(33)49(53,54)55/h6-13,20-22,28,36,38,43,62H,14-19,23,25-27H2,1-5H3,(H,57,64)(H,58,65)(H,60,63)/b34-20+/t36-,38+,43-/m1/s1. The highest BCUT2D eigenvalue weighted by Gasteiger charge is 2.44. The van der Waals surface area contributed by atoms with Gasteiger partial charge >= 0.3 is 12.4 Å². The quantitative estimate of drug-likeness (QED) is 0.0290. The Balaban J connectivity index is 1.01. The Kier molecular flexibility index (Phi) is 19.1. The number of amides is 4. The van der Waals surface area contributed by atoms with Gasteiger partial charge in [0.15, 0.2) is 11.5 Å². The first-order chi connectivity index (χ1) is 33.5. The van der Waals surface area contributed by atoms with Gasteiger partial charge in [0, 0.05) is 38.0 Å². The van der Waals surface area contributed by atoms with Crippen LogP contribution in [0.25, 0.3) is 16.5 Å². The fraction of sp³-hybridized carbons (Fsp3) is 0.429. The maximum Gasteiger partial charge on any atom is 0.416 e. The van der Waals surface area contributed by atoms with Gasteiger partial charge in [-0.2, -0.15) is 31.6 Å². The Morgan fingerprint density at radius 2 is 1.63 bits per heavy atom. The average molecular weight is 1020 g/mol. The van der Waals surface area contributed by atoms with E-state index in [1.807, 2.05) is 31.2 Å². The second-order valence-electron chi connectivity index (χ2n) is 17.4. The van der Waals surface area contributed by atoms with Crippen molar-refractivity contribution < 1.29 is 69.6 Å². The monoisotopic (exact) mass is 1020 g/mol. The van der Waals surface area contributed by atoms with Crippen molar-refractivity contribution in [1.82, 2.24) is 25.8 Å². The van der Waals surface area contributed by atoms with Gasteiger partial charge in [0.05, 0.1) is 66.8 Å². The maximum atomic E-state index is 13.9. The molecule has 0 radical (unpaired) electrons. The summed E-state index contributed by atoms with van der Waals surface area (Å²) in [6.45, 7) is 6.86. The number of benzene rings is 3. The summed E-state index contributed by atoms with van der Waals surface area (Å²) in [5.74, 6) is -2.18. The van der Waals surface area contributed by atoms with Gasteiger partial charge in [-0.1, -0.05) is 57.2 Å². The number of aliphatic hydroxyl groups excluding tert-OH is 1. The van der Waals surface area contributed by atoms with Crippen molar-refractivity contribution in [2.45, 2.75) is 84.2 Å². The Labute approximate surface area is 410 Å². The largest absolute Gasteiger partial charge is 0.493 e. The summed E-state index contributed by atoms with van der Waals surface area (Å²) in [4.78, 5) is 59.8. The first kappa shape index (κ1) is 55.4. The zero-order valence-corrected chi connectivity index (χ0v) is 40.3. The Hall–Kier alpha value is -6.54. The van der Waals surface area contributed by atoms with Gasteiger partial charge in [0.25, 0.3) is 5.91 Å². The number of halogens is 6. The molecule has 1 aliphatic heterocycles. The average Bonchev–Trinajstić information content (AvgIpc) is 3.94. The number of aliphatic hydroxyl groups is 1. The molecule has 1 aromatic heterocycles. The number of hydrogen-bond donors (Lipinski definition) is 4. The minimum absolute atomic E-state index is 0.00111. The topological polar surface area (TPSA) is 201 Å². The number of β-amino-alcohol motifs (C(OH)–C–C–N with tert-alkyl or cyclic N) is 1. The van der Waals surface area contributed by atoms with Gasteiger partial charge in [-0.3, -0.25) is 19.2 Å². The predicted octanol–water partition coefficient (Wildman–Crippen LogP) is 7.00. The minimum Gasteiger partial charge on any atom is -0.493 e. The molecule has 0 unspecified atom stereocenters. The van der Waals surface area contributed by atoms with Gasteiger partial charge in [-0.05, 0) is 59.4 Å². The predicted molar refractivity (Wildman–Crippen MR) is 248 cm³/mol. The highest BCUT2D eigenvalue weighted by atomic mass is 32.1. The van der Waals surface area contributed by atoms with Crippen molar-refractivity contribution >= 4 is 41.0 Å². The Morgan fingerprint density at radius 3 is 2.25 bits per heavy atom. The van der Waals surface area contributed by atoms with E-state index >= 15 is 0 Å². The molecule has 2 heterocycles. The van der Waals surface area contributed by atoms with Crippen LogP contribution in [-0.2, 0) is 54.2 Å². The zero-order chi connectivity index (χ0) is 52.1. The van der Waals surface area contributed by atoms with Crippen LogP contribution in [0.5, 0.6) is 11.5 Å². The molecule has 3 atom stereocenters. The molecular formula is C49H54F6N6O9S. The zero-order valence-electron chi connectivity index (χ0n) is 39.5. The number of alkyl halides is 6. The number of aryl methyl sites for hydroxylation is 1. The number of rotatable bonds is 21. The normalized spacial score (nSPS) is 15.7. The molecular weight excluding hydrogens is 963 g/mol. The number of likely N-dealkylation sites (tertiary alicyclic amines) is 1. The van der Waals surface area contributed by atoms with Gasteiger partial charge in [-0.25, -0.2) is 4.98 Å². The van der Waals surface area contributed by atoms with Crippen molar-refractivity contribution in [1.29, 1.82) is 5.26 Å². The van der Waals surface area contributed by atoms with Crippen LogP contribution in [0.2, 0.25) is 0 Å². The van der Waals surface area contributed by atoms with Crippen LogP contribution < -0.4 is 25.4 Å². The summed E-state index contributed by atoms with van der Waals surface area (Å²) >= 11 is 1.54. The summed E-state index contributed by atoms with van der Waals surface area (Å²) in [6.07, 6.45) is -9.82. The van der Waals surface area contributed by atoms with Crippen LogP contribution in [0, 0.1) is 23.7 Å². The minimum atomic E-state index is -5.09. The van der Waals surface area contributed by atoms with Crippen molar-refractivity contribution in [3.63, 3.8) is 0 Å². The van der Waals surface area contributed by atoms with E-state index in [1.54, 1.807) is 43.7 Å². The van der Waals surface area contributed by atoms with E-state index in [0.29, 0.717) is 12.1 Å². The summed E-state index contributed by atoms with van der Waals surface area (Å²) in [7, 11) is 1.23. The van der Waals surface area contributed by atoms with Gasteiger partial charge in [-0.15, -0.1) is 11.3 Å². The van der Waals surface area contributed by atoms with E-state index in [4.69, 9.17) is 18.9 Å². The van der Waals surface area contributed by atoms with Crippen molar-refractivity contribution in [2.24, 2.45) is 5.41 Å².